The fourth-order valence-corrected chi connectivity index (χ4v) is 2.06. The Morgan fingerprint density at radius 3 is 3.11 bits per heavy atom. The van der Waals surface area contributed by atoms with Crippen LogP contribution in [0.25, 0.3) is 22.2 Å². The van der Waals surface area contributed by atoms with Crippen molar-refractivity contribution in [1.82, 2.24) is 14.8 Å². The quantitative estimate of drug-likeness (QED) is 0.703. The van der Waals surface area contributed by atoms with Gasteiger partial charge in [-0.05, 0) is 17.7 Å². The van der Waals surface area contributed by atoms with Crippen molar-refractivity contribution < 1.29 is 4.42 Å². The molecule has 0 saturated heterocycles. The second-order valence-electron chi connectivity index (χ2n) is 4.06. The van der Waals surface area contributed by atoms with Crippen molar-refractivity contribution in [3.63, 3.8) is 0 Å². The first-order valence-corrected chi connectivity index (χ1v) is 5.53. The number of nitrogens with two attached hydrogens (primary N) is 1. The van der Waals surface area contributed by atoms with Gasteiger partial charge in [-0.25, -0.2) is 4.79 Å². The van der Waals surface area contributed by atoms with Gasteiger partial charge in [-0.2, -0.15) is 5.10 Å². The van der Waals surface area contributed by atoms with Crippen LogP contribution >= 0.6 is 0 Å². The summed E-state index contributed by atoms with van der Waals surface area (Å²) in [6.07, 6.45) is 1.76. The Morgan fingerprint density at radius 2 is 2.33 bits per heavy atom. The number of nitrogens with one attached hydrogen (secondary N) is 1. The minimum Gasteiger partial charge on any atom is -0.408 e. The van der Waals surface area contributed by atoms with Crippen LogP contribution in [0.2, 0.25) is 0 Å². The zero-order chi connectivity index (χ0) is 12.7. The van der Waals surface area contributed by atoms with E-state index in [2.05, 4.69) is 10.1 Å². The molecule has 0 aliphatic heterocycles. The normalized spacial score (nSPS) is 11.2. The maximum absolute atomic E-state index is 11.1. The molecule has 3 rings (SSSR count). The highest BCUT2D eigenvalue weighted by Gasteiger charge is 2.10. The SMILES string of the molecule is Cn1ncc(-c2ccc3[nH]c(=O)oc3c2)c1CN. The van der Waals surface area contributed by atoms with Crippen molar-refractivity contribution in [3.05, 3.63) is 40.6 Å². The molecule has 3 N–H and O–H groups in total. The third-order valence-electron chi connectivity index (χ3n) is 2.99. The number of rotatable bonds is 2. The van der Waals surface area contributed by atoms with Crippen LogP contribution in [0, 0.1) is 0 Å². The standard InChI is InChI=1S/C12H12N4O2/c1-16-10(5-13)8(6-14-16)7-2-3-9-11(4-7)18-12(17)15-9/h2-4,6H,5,13H2,1H3,(H,15,17). The monoisotopic (exact) mass is 244 g/mol. The summed E-state index contributed by atoms with van der Waals surface area (Å²) in [5.41, 5.74) is 9.74. The summed E-state index contributed by atoms with van der Waals surface area (Å²) in [4.78, 5) is 13.7. The summed E-state index contributed by atoms with van der Waals surface area (Å²) in [7, 11) is 1.85. The average Bonchev–Trinajstić information content (AvgIpc) is 2.89. The van der Waals surface area contributed by atoms with Gasteiger partial charge in [0.05, 0.1) is 17.4 Å². The number of hydrogen-bond acceptors (Lipinski definition) is 4. The second kappa shape index (κ2) is 3.85. The van der Waals surface area contributed by atoms with E-state index in [4.69, 9.17) is 10.2 Å². The molecule has 0 radical (unpaired) electrons. The highest BCUT2D eigenvalue weighted by Crippen LogP contribution is 2.25. The smallest absolute Gasteiger partial charge is 0.408 e. The van der Waals surface area contributed by atoms with Gasteiger partial charge in [0.2, 0.25) is 0 Å². The zero-order valence-electron chi connectivity index (χ0n) is 9.80. The highest BCUT2D eigenvalue weighted by molar-refractivity contribution is 5.80. The van der Waals surface area contributed by atoms with E-state index in [1.54, 1.807) is 10.9 Å². The number of hydrogen-bond donors (Lipinski definition) is 2. The molecule has 0 fully saturated rings. The van der Waals surface area contributed by atoms with Crippen LogP contribution in [0.15, 0.2) is 33.6 Å². The fraction of sp³-hybridized carbons (Fsp3) is 0.167. The number of H-pyrrole nitrogens is 1. The molecular formula is C12H12N4O2. The number of benzene rings is 1. The van der Waals surface area contributed by atoms with E-state index in [-0.39, 0.29) is 0 Å². The third kappa shape index (κ3) is 1.54. The minimum absolute atomic E-state index is 0.404. The van der Waals surface area contributed by atoms with Crippen molar-refractivity contribution in [1.29, 1.82) is 0 Å². The molecule has 0 saturated carbocycles. The molecule has 2 heterocycles. The average molecular weight is 244 g/mol. The predicted octanol–water partition coefficient (Wildman–Crippen LogP) is 0.980. The summed E-state index contributed by atoms with van der Waals surface area (Å²) < 4.78 is 6.78. The van der Waals surface area contributed by atoms with Crippen LogP contribution in [0.5, 0.6) is 0 Å². The molecule has 92 valence electrons. The molecule has 0 aliphatic rings. The van der Waals surface area contributed by atoms with Gasteiger partial charge < -0.3 is 10.2 Å². The molecule has 6 nitrogen and oxygen atoms in total. The van der Waals surface area contributed by atoms with E-state index in [9.17, 15) is 4.79 Å². The number of aromatic nitrogens is 3. The summed E-state index contributed by atoms with van der Waals surface area (Å²) >= 11 is 0. The molecule has 0 amide bonds. The number of nitrogens with zero attached hydrogens (tertiary/aromatic N) is 2. The lowest BCUT2D eigenvalue weighted by atomic mass is 10.1. The maximum Gasteiger partial charge on any atom is 0.417 e. The lowest BCUT2D eigenvalue weighted by Gasteiger charge is -2.03. The van der Waals surface area contributed by atoms with Crippen LogP contribution < -0.4 is 11.5 Å². The minimum atomic E-state index is -0.451. The molecule has 1 aromatic carbocycles. The van der Waals surface area contributed by atoms with E-state index in [0.29, 0.717) is 17.6 Å². The van der Waals surface area contributed by atoms with E-state index in [1.165, 1.54) is 0 Å². The summed E-state index contributed by atoms with van der Waals surface area (Å²) in [5.74, 6) is -0.451. The molecule has 3 aromatic rings. The van der Waals surface area contributed by atoms with E-state index < -0.39 is 5.76 Å². The maximum atomic E-state index is 11.1. The van der Waals surface area contributed by atoms with Crippen molar-refractivity contribution in [2.24, 2.45) is 12.8 Å². The molecule has 2 aromatic heterocycles. The van der Waals surface area contributed by atoms with Gasteiger partial charge in [0.25, 0.3) is 0 Å². The third-order valence-corrected chi connectivity index (χ3v) is 2.99. The first kappa shape index (κ1) is 10.8. The first-order chi connectivity index (χ1) is 8.69. The van der Waals surface area contributed by atoms with Crippen molar-refractivity contribution in [3.8, 4) is 11.1 Å². The summed E-state index contributed by atoms with van der Waals surface area (Å²) in [6, 6.07) is 5.52. The summed E-state index contributed by atoms with van der Waals surface area (Å²) in [5, 5.41) is 4.19. The van der Waals surface area contributed by atoms with Gasteiger partial charge in [-0.1, -0.05) is 6.07 Å². The number of fused-ring (bicyclic) bond motifs is 1. The van der Waals surface area contributed by atoms with Gasteiger partial charge in [-0.3, -0.25) is 9.67 Å². The predicted molar refractivity (Wildman–Crippen MR) is 66.9 cm³/mol. The Kier molecular flexibility index (Phi) is 2.31. The second-order valence-corrected chi connectivity index (χ2v) is 4.06. The van der Waals surface area contributed by atoms with E-state index >= 15 is 0 Å². The van der Waals surface area contributed by atoms with Crippen LogP contribution in [0.1, 0.15) is 5.69 Å². The lowest BCUT2D eigenvalue weighted by molar-refractivity contribution is 0.555. The Morgan fingerprint density at radius 1 is 1.50 bits per heavy atom. The Bertz CT molecular complexity index is 766. The molecule has 18 heavy (non-hydrogen) atoms. The van der Waals surface area contributed by atoms with Gasteiger partial charge in [0.1, 0.15) is 0 Å². The zero-order valence-corrected chi connectivity index (χ0v) is 9.80. The summed E-state index contributed by atoms with van der Waals surface area (Å²) in [6.45, 7) is 0.404. The fourth-order valence-electron chi connectivity index (χ4n) is 2.06. The van der Waals surface area contributed by atoms with E-state index in [0.717, 1.165) is 16.8 Å². The molecule has 0 spiro atoms. The molecule has 0 unspecified atom stereocenters. The highest BCUT2D eigenvalue weighted by atomic mass is 16.4. The molecular weight excluding hydrogens is 232 g/mol. The van der Waals surface area contributed by atoms with Crippen molar-refractivity contribution in [2.75, 3.05) is 0 Å². The van der Waals surface area contributed by atoms with Crippen molar-refractivity contribution >= 4 is 11.1 Å². The number of oxazole rings is 1. The molecule has 0 bridgehead atoms. The number of aromatic amines is 1. The first-order valence-electron chi connectivity index (χ1n) is 5.53. The van der Waals surface area contributed by atoms with E-state index in [1.807, 2.05) is 25.2 Å². The molecule has 0 atom stereocenters. The van der Waals surface area contributed by atoms with Gasteiger partial charge >= 0.3 is 5.76 Å². The molecule has 6 heteroatoms. The van der Waals surface area contributed by atoms with Gasteiger partial charge in [0, 0.05) is 19.2 Å². The van der Waals surface area contributed by atoms with Crippen LogP contribution in [0.4, 0.5) is 0 Å². The number of aryl methyl sites for hydroxylation is 1. The Balaban J connectivity index is 2.21. The van der Waals surface area contributed by atoms with Crippen LogP contribution in [0.3, 0.4) is 0 Å². The molecule has 0 aliphatic carbocycles. The Labute approximate surface area is 102 Å². The van der Waals surface area contributed by atoms with Crippen molar-refractivity contribution in [2.45, 2.75) is 6.54 Å². The lowest BCUT2D eigenvalue weighted by Crippen LogP contribution is -2.05. The Hall–Kier alpha value is -2.34. The van der Waals surface area contributed by atoms with Crippen LogP contribution in [-0.2, 0) is 13.6 Å². The largest absolute Gasteiger partial charge is 0.417 e. The van der Waals surface area contributed by atoms with Crippen LogP contribution in [-0.4, -0.2) is 14.8 Å². The topological polar surface area (TPSA) is 89.8 Å². The van der Waals surface area contributed by atoms with Gasteiger partial charge in [0.15, 0.2) is 5.58 Å². The van der Waals surface area contributed by atoms with Gasteiger partial charge in [-0.15, -0.1) is 0 Å².